The molecule has 1 spiro atoms. The predicted molar refractivity (Wildman–Crippen MR) is 167 cm³/mol. The van der Waals surface area contributed by atoms with Crippen LogP contribution < -0.4 is 20.8 Å². The molecule has 214 valence electrons. The number of para-hydroxylation sites is 1. The van der Waals surface area contributed by atoms with Gasteiger partial charge in [0, 0.05) is 36.2 Å². The fourth-order valence-electron chi connectivity index (χ4n) is 6.14. The summed E-state index contributed by atoms with van der Waals surface area (Å²) in [5.41, 5.74) is 2.70. The van der Waals surface area contributed by atoms with Gasteiger partial charge in [0.15, 0.2) is 5.82 Å². The van der Waals surface area contributed by atoms with E-state index in [1.807, 2.05) is 36.4 Å². The van der Waals surface area contributed by atoms with E-state index in [1.54, 1.807) is 19.4 Å². The molecule has 10 heteroatoms. The van der Waals surface area contributed by atoms with Crippen molar-refractivity contribution < 1.29 is 9.67 Å². The van der Waals surface area contributed by atoms with Crippen LogP contribution in [0.5, 0.6) is 5.75 Å². The Labute approximate surface area is 242 Å². The van der Waals surface area contributed by atoms with E-state index in [0.717, 1.165) is 24.1 Å². The Morgan fingerprint density at radius 1 is 1.05 bits per heavy atom. The topological polar surface area (TPSA) is 93.6 Å². The lowest BCUT2D eigenvalue weighted by molar-refractivity contribution is 0.0923. The van der Waals surface area contributed by atoms with E-state index in [2.05, 4.69) is 44.5 Å². The first kappa shape index (κ1) is 28.7. The molecule has 0 radical (unpaired) electrons. The molecule has 0 atom stereocenters. The number of hydrogen-bond acceptors (Lipinski definition) is 8. The van der Waals surface area contributed by atoms with Gasteiger partial charge in [-0.15, -0.1) is 0 Å². The van der Waals surface area contributed by atoms with Crippen LogP contribution in [-0.2, 0) is 4.57 Å². The number of hydrogen-bond donors (Lipinski definition) is 3. The molecule has 1 aromatic heterocycles. The minimum atomic E-state index is -2.51. The maximum atomic E-state index is 12.8. The van der Waals surface area contributed by atoms with Crippen LogP contribution >= 0.6 is 18.7 Å². The van der Waals surface area contributed by atoms with Crippen molar-refractivity contribution in [3.05, 3.63) is 53.7 Å². The first-order chi connectivity index (χ1) is 19.0. The number of anilines is 5. The molecule has 2 fully saturated rings. The highest BCUT2D eigenvalue weighted by Crippen LogP contribution is 2.47. The van der Waals surface area contributed by atoms with Crippen molar-refractivity contribution in [2.24, 2.45) is 5.41 Å². The SMILES string of the molecule is CN(C)C1CCC2(CC1)CCN(c1ccc(Nc3ncc(Cl)c(Nc4ccccc4P(C)(C)=O)n3)cc1O)CC2. The highest BCUT2D eigenvalue weighted by molar-refractivity contribution is 7.70. The molecule has 0 bridgehead atoms. The summed E-state index contributed by atoms with van der Waals surface area (Å²) in [5.74, 6) is 0.976. The second kappa shape index (κ2) is 11.6. The summed E-state index contributed by atoms with van der Waals surface area (Å²) in [6, 6.07) is 13.8. The molecule has 1 aliphatic carbocycles. The fourth-order valence-corrected chi connectivity index (χ4v) is 7.44. The van der Waals surface area contributed by atoms with Gasteiger partial charge in [-0.1, -0.05) is 23.7 Å². The molecule has 40 heavy (non-hydrogen) atoms. The molecule has 8 nitrogen and oxygen atoms in total. The van der Waals surface area contributed by atoms with Crippen molar-refractivity contribution in [2.75, 3.05) is 56.0 Å². The highest BCUT2D eigenvalue weighted by Gasteiger charge is 2.38. The van der Waals surface area contributed by atoms with Gasteiger partial charge in [-0.3, -0.25) is 0 Å². The number of benzene rings is 2. The number of halogens is 1. The first-order valence-corrected chi connectivity index (χ1v) is 17.0. The van der Waals surface area contributed by atoms with E-state index in [-0.39, 0.29) is 5.75 Å². The molecule has 1 aliphatic heterocycles. The summed E-state index contributed by atoms with van der Waals surface area (Å²) < 4.78 is 12.8. The Balaban J connectivity index is 1.25. The second-order valence-corrected chi connectivity index (χ2v) is 15.5. The minimum Gasteiger partial charge on any atom is -0.506 e. The van der Waals surface area contributed by atoms with Crippen LogP contribution in [0.2, 0.25) is 5.02 Å². The largest absolute Gasteiger partial charge is 0.506 e. The Kier molecular flexibility index (Phi) is 8.32. The average molecular weight is 583 g/mol. The van der Waals surface area contributed by atoms with Gasteiger partial charge in [-0.05, 0) is 95.6 Å². The summed E-state index contributed by atoms with van der Waals surface area (Å²) in [4.78, 5) is 13.5. The van der Waals surface area contributed by atoms with Crippen molar-refractivity contribution in [2.45, 2.75) is 44.6 Å². The van der Waals surface area contributed by atoms with Gasteiger partial charge in [-0.2, -0.15) is 4.98 Å². The molecule has 5 rings (SSSR count). The van der Waals surface area contributed by atoms with E-state index >= 15 is 0 Å². The summed E-state index contributed by atoms with van der Waals surface area (Å²) >= 11 is 6.39. The van der Waals surface area contributed by atoms with E-state index < -0.39 is 7.14 Å². The van der Waals surface area contributed by atoms with Crippen LogP contribution in [0.15, 0.2) is 48.7 Å². The van der Waals surface area contributed by atoms with Gasteiger partial charge in [-0.25, -0.2) is 4.98 Å². The zero-order chi connectivity index (χ0) is 28.5. The lowest BCUT2D eigenvalue weighted by Gasteiger charge is -2.47. The summed E-state index contributed by atoms with van der Waals surface area (Å²) in [5, 5.41) is 18.4. The Hall–Kier alpha value is -2.80. The molecule has 3 aromatic rings. The van der Waals surface area contributed by atoms with Crippen molar-refractivity contribution in [1.82, 2.24) is 14.9 Å². The van der Waals surface area contributed by atoms with E-state index in [9.17, 15) is 9.67 Å². The third kappa shape index (κ3) is 6.40. The van der Waals surface area contributed by atoms with Crippen LogP contribution in [0.4, 0.5) is 28.8 Å². The molecule has 0 amide bonds. The molecular formula is C30H40ClN6O2P. The van der Waals surface area contributed by atoms with Gasteiger partial charge >= 0.3 is 0 Å². The number of phenolic OH excluding ortho intramolecular Hbond substituents is 1. The van der Waals surface area contributed by atoms with Crippen LogP contribution in [0, 0.1) is 5.41 Å². The summed E-state index contributed by atoms with van der Waals surface area (Å²) in [7, 11) is 1.88. The minimum absolute atomic E-state index is 0.236. The molecule has 1 saturated carbocycles. The van der Waals surface area contributed by atoms with Crippen molar-refractivity contribution in [3.8, 4) is 5.75 Å². The molecule has 2 heterocycles. The van der Waals surface area contributed by atoms with Crippen molar-refractivity contribution in [1.29, 1.82) is 0 Å². The number of aromatic nitrogens is 2. The lowest BCUT2D eigenvalue weighted by atomic mass is 9.66. The van der Waals surface area contributed by atoms with E-state index in [0.29, 0.717) is 39.6 Å². The van der Waals surface area contributed by atoms with Crippen LogP contribution in [-0.4, -0.2) is 66.5 Å². The standard InChI is InChI=1S/C30H40ClN6O2P/c1-36(2)22-11-13-30(14-12-22)15-17-37(18-16-30)25-10-9-21(19-26(25)38)33-29-32-20-23(31)28(35-29)34-24-7-5-6-8-27(24)40(3,4)39/h5-10,19-20,22,38H,11-18H2,1-4H3,(H2,32,33,34,35). The molecule has 2 aromatic carbocycles. The second-order valence-electron chi connectivity index (χ2n) is 11.9. The van der Waals surface area contributed by atoms with Crippen LogP contribution in [0.1, 0.15) is 38.5 Å². The fraction of sp³-hybridized carbons (Fsp3) is 0.467. The Bertz CT molecular complexity index is 1390. The summed E-state index contributed by atoms with van der Waals surface area (Å²) in [6.07, 6.45) is 9.05. The number of aromatic hydroxyl groups is 1. The van der Waals surface area contributed by atoms with Crippen molar-refractivity contribution in [3.63, 3.8) is 0 Å². The number of nitrogens with one attached hydrogen (secondary N) is 2. The van der Waals surface area contributed by atoms with Gasteiger partial charge in [0.2, 0.25) is 5.95 Å². The normalized spacial score (nSPS) is 17.8. The number of phenols is 1. The smallest absolute Gasteiger partial charge is 0.229 e. The van der Waals surface area contributed by atoms with Crippen LogP contribution in [0.3, 0.4) is 0 Å². The molecule has 2 aliphatic rings. The van der Waals surface area contributed by atoms with E-state index in [4.69, 9.17) is 11.6 Å². The van der Waals surface area contributed by atoms with E-state index in [1.165, 1.54) is 44.7 Å². The molecule has 1 saturated heterocycles. The molecular weight excluding hydrogens is 543 g/mol. The molecule has 3 N–H and O–H groups in total. The number of nitrogens with zero attached hydrogens (tertiary/aromatic N) is 4. The quantitative estimate of drug-likeness (QED) is 0.266. The highest BCUT2D eigenvalue weighted by atomic mass is 35.5. The van der Waals surface area contributed by atoms with Gasteiger partial charge < -0.3 is 30.1 Å². The first-order valence-electron chi connectivity index (χ1n) is 14.0. The Morgan fingerprint density at radius 3 is 2.40 bits per heavy atom. The Morgan fingerprint density at radius 2 is 1.75 bits per heavy atom. The van der Waals surface area contributed by atoms with Crippen molar-refractivity contribution >= 4 is 52.9 Å². The lowest BCUT2D eigenvalue weighted by Crippen LogP contribution is -2.44. The third-order valence-electron chi connectivity index (χ3n) is 8.62. The maximum absolute atomic E-state index is 12.8. The third-order valence-corrected chi connectivity index (χ3v) is 10.5. The van der Waals surface area contributed by atoms with Gasteiger partial charge in [0.05, 0.1) is 17.6 Å². The number of rotatable bonds is 7. The zero-order valence-electron chi connectivity index (χ0n) is 23.8. The van der Waals surface area contributed by atoms with Gasteiger partial charge in [0.1, 0.15) is 17.9 Å². The maximum Gasteiger partial charge on any atom is 0.229 e. The molecule has 0 unspecified atom stereocenters. The number of piperidine rings is 1. The monoisotopic (exact) mass is 582 g/mol. The van der Waals surface area contributed by atoms with Crippen LogP contribution in [0.25, 0.3) is 0 Å². The average Bonchev–Trinajstić information content (AvgIpc) is 2.91. The summed E-state index contributed by atoms with van der Waals surface area (Å²) in [6.45, 7) is 5.39. The predicted octanol–water partition coefficient (Wildman–Crippen LogP) is 6.66. The zero-order valence-corrected chi connectivity index (χ0v) is 25.5. The van der Waals surface area contributed by atoms with Gasteiger partial charge in [0.25, 0.3) is 0 Å².